The number of hydrogen-bond acceptors (Lipinski definition) is 5. The largest absolute Gasteiger partial charge is 0.393 e. The summed E-state index contributed by atoms with van der Waals surface area (Å²) < 4.78 is 26.3. The molecule has 0 saturated heterocycles. The lowest BCUT2D eigenvalue weighted by molar-refractivity contribution is 0.0724. The number of nitrogen functional groups attached to an aromatic ring is 1. The molecule has 1 heterocycles. The van der Waals surface area contributed by atoms with Crippen LogP contribution in [0.25, 0.3) is 0 Å². The van der Waals surface area contributed by atoms with Gasteiger partial charge in [-0.25, -0.2) is 13.1 Å². The van der Waals surface area contributed by atoms with Crippen LogP contribution in [0.15, 0.2) is 11.1 Å². The number of anilines is 1. The van der Waals surface area contributed by atoms with Crippen molar-refractivity contribution in [2.45, 2.75) is 36.7 Å². The summed E-state index contributed by atoms with van der Waals surface area (Å²) >= 11 is 0. The third-order valence-electron chi connectivity index (χ3n) is 3.33. The van der Waals surface area contributed by atoms with Gasteiger partial charge in [-0.2, -0.15) is 5.10 Å². The number of H-pyrrole nitrogens is 1. The van der Waals surface area contributed by atoms with Crippen molar-refractivity contribution < 1.29 is 13.5 Å². The molecule has 0 amide bonds. The molecule has 0 spiro atoms. The number of rotatable bonds is 4. The van der Waals surface area contributed by atoms with Gasteiger partial charge in [-0.15, -0.1) is 0 Å². The molecule has 2 rings (SSSR count). The SMILES string of the molecule is Nc1[nH]ncc1S(=O)(=O)NCC1CCCCC1O. The fourth-order valence-electron chi connectivity index (χ4n) is 2.22. The molecule has 1 aliphatic carbocycles. The highest BCUT2D eigenvalue weighted by Crippen LogP contribution is 2.24. The van der Waals surface area contributed by atoms with Crippen molar-refractivity contribution in [3.63, 3.8) is 0 Å². The highest BCUT2D eigenvalue weighted by atomic mass is 32.2. The zero-order valence-corrected chi connectivity index (χ0v) is 10.8. The number of hydrogen-bond donors (Lipinski definition) is 4. The van der Waals surface area contributed by atoms with Crippen molar-refractivity contribution in [2.75, 3.05) is 12.3 Å². The average Bonchev–Trinajstić information content (AvgIpc) is 2.75. The Hall–Kier alpha value is -1.12. The van der Waals surface area contributed by atoms with Crippen molar-refractivity contribution in [1.82, 2.24) is 14.9 Å². The monoisotopic (exact) mass is 274 g/mol. The molecular formula is C10H18N4O3S. The molecule has 2 unspecified atom stereocenters. The molecule has 1 aromatic heterocycles. The van der Waals surface area contributed by atoms with Gasteiger partial charge in [-0.1, -0.05) is 12.8 Å². The van der Waals surface area contributed by atoms with E-state index in [2.05, 4.69) is 14.9 Å². The number of aromatic amines is 1. The Bertz CT molecular complexity index is 499. The molecule has 2 atom stereocenters. The Morgan fingerprint density at radius 2 is 2.22 bits per heavy atom. The van der Waals surface area contributed by atoms with Crippen LogP contribution in [0, 0.1) is 5.92 Å². The number of nitrogens with zero attached hydrogens (tertiary/aromatic N) is 1. The third-order valence-corrected chi connectivity index (χ3v) is 4.78. The van der Waals surface area contributed by atoms with Gasteiger partial charge in [-0.05, 0) is 18.8 Å². The van der Waals surface area contributed by atoms with E-state index in [-0.39, 0.29) is 23.2 Å². The lowest BCUT2D eigenvalue weighted by Gasteiger charge is -2.27. The van der Waals surface area contributed by atoms with Crippen LogP contribution < -0.4 is 10.5 Å². The lowest BCUT2D eigenvalue weighted by Crippen LogP contribution is -2.36. The number of sulfonamides is 1. The van der Waals surface area contributed by atoms with E-state index >= 15 is 0 Å². The van der Waals surface area contributed by atoms with Gasteiger partial charge in [-0.3, -0.25) is 5.10 Å². The zero-order chi connectivity index (χ0) is 13.2. The quantitative estimate of drug-likeness (QED) is 0.607. The molecule has 102 valence electrons. The van der Waals surface area contributed by atoms with Crippen molar-refractivity contribution in [3.8, 4) is 0 Å². The average molecular weight is 274 g/mol. The molecule has 1 fully saturated rings. The second kappa shape index (κ2) is 5.25. The molecule has 0 aromatic carbocycles. The van der Waals surface area contributed by atoms with E-state index in [1.165, 1.54) is 6.20 Å². The Kier molecular flexibility index (Phi) is 3.88. The number of nitrogens with one attached hydrogen (secondary N) is 2. The summed E-state index contributed by atoms with van der Waals surface area (Å²) in [5, 5.41) is 15.7. The Morgan fingerprint density at radius 3 is 2.83 bits per heavy atom. The standard InChI is InChI=1S/C10H18N4O3S/c11-10-9(6-12-14-10)18(16,17)13-5-7-3-1-2-4-8(7)15/h6-8,13,15H,1-5H2,(H3,11,12,14). The maximum atomic E-state index is 11.9. The Balaban J connectivity index is 1.99. The second-order valence-electron chi connectivity index (χ2n) is 4.61. The van der Waals surface area contributed by atoms with Gasteiger partial charge in [0, 0.05) is 6.54 Å². The molecule has 18 heavy (non-hydrogen) atoms. The molecule has 1 aliphatic rings. The van der Waals surface area contributed by atoms with Gasteiger partial charge in [0.15, 0.2) is 0 Å². The molecule has 0 bridgehead atoms. The Morgan fingerprint density at radius 1 is 1.50 bits per heavy atom. The van der Waals surface area contributed by atoms with E-state index in [0.717, 1.165) is 25.7 Å². The van der Waals surface area contributed by atoms with Crippen LogP contribution in [0.5, 0.6) is 0 Å². The number of nitrogens with two attached hydrogens (primary N) is 1. The predicted octanol–water partition coefficient (Wildman–Crippen LogP) is -0.179. The summed E-state index contributed by atoms with van der Waals surface area (Å²) in [6.45, 7) is 0.230. The molecule has 7 nitrogen and oxygen atoms in total. The van der Waals surface area contributed by atoms with E-state index < -0.39 is 16.1 Å². The first-order chi connectivity index (χ1) is 8.50. The molecule has 5 N–H and O–H groups in total. The normalized spacial score (nSPS) is 25.2. The van der Waals surface area contributed by atoms with Gasteiger partial charge < -0.3 is 10.8 Å². The van der Waals surface area contributed by atoms with Crippen LogP contribution in [0.2, 0.25) is 0 Å². The van der Waals surface area contributed by atoms with Crippen LogP contribution in [-0.2, 0) is 10.0 Å². The van der Waals surface area contributed by atoms with E-state index in [4.69, 9.17) is 5.73 Å². The van der Waals surface area contributed by atoms with Crippen molar-refractivity contribution in [3.05, 3.63) is 6.20 Å². The van der Waals surface area contributed by atoms with E-state index in [0.29, 0.717) is 0 Å². The van der Waals surface area contributed by atoms with Crippen LogP contribution in [0.1, 0.15) is 25.7 Å². The minimum atomic E-state index is -3.65. The maximum Gasteiger partial charge on any atom is 0.245 e. The summed E-state index contributed by atoms with van der Waals surface area (Å²) in [6.07, 6.45) is 4.35. The highest BCUT2D eigenvalue weighted by molar-refractivity contribution is 7.89. The summed E-state index contributed by atoms with van der Waals surface area (Å²) in [5.74, 6) is -0.00616. The Labute approximate surface area is 106 Å². The number of aromatic nitrogens is 2. The van der Waals surface area contributed by atoms with Crippen LogP contribution in [0.3, 0.4) is 0 Å². The summed E-state index contributed by atoms with van der Waals surface area (Å²) in [7, 11) is -3.65. The second-order valence-corrected chi connectivity index (χ2v) is 6.35. The van der Waals surface area contributed by atoms with Gasteiger partial charge in [0.1, 0.15) is 10.7 Å². The molecule has 0 radical (unpaired) electrons. The summed E-state index contributed by atoms with van der Waals surface area (Å²) in [6, 6.07) is 0. The lowest BCUT2D eigenvalue weighted by atomic mass is 9.87. The molecular weight excluding hydrogens is 256 g/mol. The number of aliphatic hydroxyl groups excluding tert-OH is 1. The first kappa shape index (κ1) is 13.3. The first-order valence-electron chi connectivity index (χ1n) is 5.97. The zero-order valence-electron chi connectivity index (χ0n) is 9.96. The van der Waals surface area contributed by atoms with Crippen molar-refractivity contribution in [2.24, 2.45) is 5.92 Å². The third kappa shape index (κ3) is 2.82. The number of aliphatic hydroxyl groups is 1. The van der Waals surface area contributed by atoms with E-state index in [1.807, 2.05) is 0 Å². The minimum absolute atomic E-state index is 0.0201. The fraction of sp³-hybridized carbons (Fsp3) is 0.700. The smallest absolute Gasteiger partial charge is 0.245 e. The molecule has 8 heteroatoms. The van der Waals surface area contributed by atoms with Gasteiger partial charge in [0.2, 0.25) is 10.0 Å². The van der Waals surface area contributed by atoms with Crippen molar-refractivity contribution in [1.29, 1.82) is 0 Å². The first-order valence-corrected chi connectivity index (χ1v) is 7.45. The van der Waals surface area contributed by atoms with Crippen LogP contribution >= 0.6 is 0 Å². The highest BCUT2D eigenvalue weighted by Gasteiger charge is 2.26. The van der Waals surface area contributed by atoms with E-state index in [1.54, 1.807) is 0 Å². The van der Waals surface area contributed by atoms with Crippen molar-refractivity contribution >= 4 is 15.8 Å². The summed E-state index contributed by atoms with van der Waals surface area (Å²) in [5.41, 5.74) is 5.48. The van der Waals surface area contributed by atoms with Gasteiger partial charge >= 0.3 is 0 Å². The molecule has 0 aliphatic heterocycles. The summed E-state index contributed by atoms with van der Waals surface area (Å²) in [4.78, 5) is -0.0483. The predicted molar refractivity (Wildman–Crippen MR) is 66.2 cm³/mol. The molecule has 1 saturated carbocycles. The fourth-order valence-corrected chi connectivity index (χ4v) is 3.34. The van der Waals surface area contributed by atoms with Gasteiger partial charge in [0.25, 0.3) is 0 Å². The van der Waals surface area contributed by atoms with Gasteiger partial charge in [0.05, 0.1) is 12.3 Å². The maximum absolute atomic E-state index is 11.9. The van der Waals surface area contributed by atoms with E-state index in [9.17, 15) is 13.5 Å². The topological polar surface area (TPSA) is 121 Å². The minimum Gasteiger partial charge on any atom is -0.393 e. The van der Waals surface area contributed by atoms with Crippen LogP contribution in [-0.4, -0.2) is 36.4 Å². The molecule has 1 aromatic rings. The van der Waals surface area contributed by atoms with Crippen LogP contribution in [0.4, 0.5) is 5.82 Å².